The van der Waals surface area contributed by atoms with E-state index in [4.69, 9.17) is 14.7 Å². The summed E-state index contributed by atoms with van der Waals surface area (Å²) >= 11 is 0. The lowest BCUT2D eigenvalue weighted by Crippen LogP contribution is -2.05. The van der Waals surface area contributed by atoms with E-state index in [2.05, 4.69) is 9.97 Å². The van der Waals surface area contributed by atoms with Gasteiger partial charge in [0.25, 0.3) is 0 Å². The van der Waals surface area contributed by atoms with Gasteiger partial charge in [0, 0.05) is 6.08 Å². The van der Waals surface area contributed by atoms with Crippen LogP contribution in [0.5, 0.6) is 5.75 Å². The summed E-state index contributed by atoms with van der Waals surface area (Å²) < 4.78 is 10.4. The van der Waals surface area contributed by atoms with Crippen LogP contribution in [0.2, 0.25) is 0 Å². The molecule has 0 aliphatic rings. The molecule has 0 N–H and O–H groups in total. The van der Waals surface area contributed by atoms with Crippen LogP contribution in [0.1, 0.15) is 17.0 Å². The van der Waals surface area contributed by atoms with Crippen LogP contribution in [0.4, 0.5) is 0 Å². The summed E-state index contributed by atoms with van der Waals surface area (Å²) in [5.74, 6) is 0.135. The van der Waals surface area contributed by atoms with Gasteiger partial charge in [-0.3, -0.25) is 0 Å². The third-order valence-corrected chi connectivity index (χ3v) is 3.79. The van der Waals surface area contributed by atoms with Crippen molar-refractivity contribution in [2.75, 3.05) is 6.61 Å². The third-order valence-electron chi connectivity index (χ3n) is 3.79. The zero-order valence-corrected chi connectivity index (χ0v) is 14.8. The number of rotatable bonds is 6. The van der Waals surface area contributed by atoms with Gasteiger partial charge in [0.2, 0.25) is 0 Å². The first kappa shape index (κ1) is 18.1. The van der Waals surface area contributed by atoms with Crippen molar-refractivity contribution in [1.82, 2.24) is 9.97 Å². The largest absolute Gasteiger partial charge is 0.479 e. The second kappa shape index (κ2) is 8.59. The van der Waals surface area contributed by atoms with Crippen molar-refractivity contribution >= 4 is 23.1 Å². The highest BCUT2D eigenvalue weighted by molar-refractivity contribution is 5.87. The van der Waals surface area contributed by atoms with Crippen LogP contribution in [-0.2, 0) is 16.1 Å². The van der Waals surface area contributed by atoms with E-state index in [1.165, 1.54) is 6.08 Å². The Bertz CT molecular complexity index is 1020. The van der Waals surface area contributed by atoms with Gasteiger partial charge in [-0.15, -0.1) is 0 Å². The van der Waals surface area contributed by atoms with Gasteiger partial charge in [0.15, 0.2) is 6.61 Å². The Kier molecular flexibility index (Phi) is 5.75. The van der Waals surface area contributed by atoms with E-state index in [1.807, 2.05) is 37.3 Å². The molecule has 134 valence electrons. The van der Waals surface area contributed by atoms with Gasteiger partial charge in [-0.1, -0.05) is 24.3 Å². The van der Waals surface area contributed by atoms with Crippen LogP contribution in [0.25, 0.3) is 17.1 Å². The van der Waals surface area contributed by atoms with Crippen molar-refractivity contribution in [3.8, 4) is 11.8 Å². The highest BCUT2D eigenvalue weighted by atomic mass is 16.5. The normalized spacial score (nSPS) is 10.7. The van der Waals surface area contributed by atoms with Crippen molar-refractivity contribution in [1.29, 1.82) is 5.26 Å². The van der Waals surface area contributed by atoms with Crippen molar-refractivity contribution < 1.29 is 14.3 Å². The van der Waals surface area contributed by atoms with Crippen LogP contribution in [0.15, 0.2) is 54.6 Å². The fraction of sp³-hybridized carbons (Fsp3) is 0.143. The molecule has 0 bridgehead atoms. The zero-order valence-electron chi connectivity index (χ0n) is 14.8. The zero-order chi connectivity index (χ0) is 19.1. The Labute approximate surface area is 156 Å². The number of fused-ring (bicyclic) bond motifs is 1. The molecule has 6 nitrogen and oxygen atoms in total. The van der Waals surface area contributed by atoms with Crippen LogP contribution in [0.3, 0.4) is 0 Å². The highest BCUT2D eigenvalue weighted by Crippen LogP contribution is 2.14. The molecule has 0 aliphatic carbocycles. The summed E-state index contributed by atoms with van der Waals surface area (Å²) in [5, 5.41) is 8.48. The van der Waals surface area contributed by atoms with E-state index in [0.717, 1.165) is 22.3 Å². The van der Waals surface area contributed by atoms with E-state index in [1.54, 1.807) is 30.3 Å². The fourth-order valence-electron chi connectivity index (χ4n) is 2.40. The minimum atomic E-state index is -0.464. The molecular formula is C21H17N3O3. The topological polar surface area (TPSA) is 85.1 Å². The first-order valence-electron chi connectivity index (χ1n) is 8.32. The van der Waals surface area contributed by atoms with Crippen LogP contribution < -0.4 is 4.74 Å². The van der Waals surface area contributed by atoms with Crippen LogP contribution >= 0.6 is 0 Å². The minimum Gasteiger partial charge on any atom is -0.479 e. The molecule has 0 fully saturated rings. The standard InChI is InChI=1S/C21H17N3O3/c1-15-20(24-19-5-3-2-4-18(19)23-15)14-27-21(25)11-8-16-6-9-17(10-7-16)26-13-12-22/h2-11H,13-14H2,1H3/b11-8-. The Balaban J connectivity index is 1.59. The fourth-order valence-corrected chi connectivity index (χ4v) is 2.40. The van der Waals surface area contributed by atoms with Gasteiger partial charge in [0.1, 0.15) is 18.4 Å². The smallest absolute Gasteiger partial charge is 0.331 e. The molecule has 6 heteroatoms. The number of nitrogens with zero attached hydrogens (tertiary/aromatic N) is 3. The summed E-state index contributed by atoms with van der Waals surface area (Å²) in [7, 11) is 0. The first-order valence-corrected chi connectivity index (χ1v) is 8.32. The molecule has 3 aromatic rings. The molecule has 2 aromatic carbocycles. The van der Waals surface area contributed by atoms with Crippen molar-refractivity contribution in [3.63, 3.8) is 0 Å². The molecule has 1 heterocycles. The molecule has 3 rings (SSSR count). The number of hydrogen-bond donors (Lipinski definition) is 0. The molecule has 27 heavy (non-hydrogen) atoms. The Morgan fingerprint density at radius 2 is 1.81 bits per heavy atom. The number of hydrogen-bond acceptors (Lipinski definition) is 6. The molecule has 0 spiro atoms. The number of aromatic nitrogens is 2. The monoisotopic (exact) mass is 359 g/mol. The molecule has 0 atom stereocenters. The van der Waals surface area contributed by atoms with Gasteiger partial charge >= 0.3 is 5.97 Å². The molecule has 0 saturated heterocycles. The lowest BCUT2D eigenvalue weighted by molar-refractivity contribution is -0.139. The SMILES string of the molecule is Cc1nc2ccccc2nc1COC(=O)/C=C\c1ccc(OCC#N)cc1. The summed E-state index contributed by atoms with van der Waals surface area (Å²) in [6.07, 6.45) is 3.00. The Hall–Kier alpha value is -3.72. The van der Waals surface area contributed by atoms with E-state index in [9.17, 15) is 4.79 Å². The van der Waals surface area contributed by atoms with E-state index in [0.29, 0.717) is 11.4 Å². The average Bonchev–Trinajstić information content (AvgIpc) is 2.70. The van der Waals surface area contributed by atoms with Crippen molar-refractivity contribution in [2.24, 2.45) is 0 Å². The second-order valence-electron chi connectivity index (χ2n) is 5.70. The maximum absolute atomic E-state index is 12.0. The van der Waals surface area contributed by atoms with E-state index >= 15 is 0 Å². The van der Waals surface area contributed by atoms with Gasteiger partial charge in [-0.25, -0.2) is 14.8 Å². The number of aryl methyl sites for hydroxylation is 1. The number of carbonyl (C=O) groups excluding carboxylic acids is 1. The third kappa shape index (κ3) is 4.89. The molecule has 0 amide bonds. The molecule has 0 radical (unpaired) electrons. The van der Waals surface area contributed by atoms with Crippen molar-refractivity contribution in [3.05, 3.63) is 71.6 Å². The lowest BCUT2D eigenvalue weighted by Gasteiger charge is -2.06. The van der Waals surface area contributed by atoms with Gasteiger partial charge in [-0.05, 0) is 42.8 Å². The maximum atomic E-state index is 12.0. The van der Waals surface area contributed by atoms with Crippen LogP contribution in [-0.4, -0.2) is 22.5 Å². The summed E-state index contributed by atoms with van der Waals surface area (Å²) in [6, 6.07) is 16.5. The predicted molar refractivity (Wildman–Crippen MR) is 101 cm³/mol. The molecule has 0 unspecified atom stereocenters. The summed E-state index contributed by atoms with van der Waals surface area (Å²) in [6.45, 7) is 1.90. The van der Waals surface area contributed by atoms with Gasteiger partial charge in [0.05, 0.1) is 22.4 Å². The Morgan fingerprint density at radius 1 is 1.11 bits per heavy atom. The average molecular weight is 359 g/mol. The maximum Gasteiger partial charge on any atom is 0.331 e. The number of nitriles is 1. The first-order chi connectivity index (χ1) is 13.2. The van der Waals surface area contributed by atoms with Crippen molar-refractivity contribution in [2.45, 2.75) is 13.5 Å². The lowest BCUT2D eigenvalue weighted by atomic mass is 10.2. The number of benzene rings is 2. The molecule has 0 aliphatic heterocycles. The molecule has 1 aromatic heterocycles. The minimum absolute atomic E-state index is 0.00140. The van der Waals surface area contributed by atoms with Gasteiger partial charge in [-0.2, -0.15) is 5.26 Å². The van der Waals surface area contributed by atoms with E-state index < -0.39 is 5.97 Å². The quantitative estimate of drug-likeness (QED) is 0.494. The van der Waals surface area contributed by atoms with Crippen LogP contribution in [0, 0.1) is 18.3 Å². The molecule has 0 saturated carbocycles. The van der Waals surface area contributed by atoms with E-state index in [-0.39, 0.29) is 13.2 Å². The summed E-state index contributed by atoms with van der Waals surface area (Å²) in [4.78, 5) is 20.9. The predicted octanol–water partition coefficient (Wildman–Crippen LogP) is 3.60. The highest BCUT2D eigenvalue weighted by Gasteiger charge is 2.07. The summed E-state index contributed by atoms with van der Waals surface area (Å²) in [5.41, 5.74) is 3.77. The molecular weight excluding hydrogens is 342 g/mol. The number of ether oxygens (including phenoxy) is 2. The number of esters is 1. The number of para-hydroxylation sites is 2. The van der Waals surface area contributed by atoms with Gasteiger partial charge < -0.3 is 9.47 Å². The second-order valence-corrected chi connectivity index (χ2v) is 5.70. The Morgan fingerprint density at radius 3 is 2.52 bits per heavy atom. The number of carbonyl (C=O) groups is 1.